The molecule has 56 valence electrons. The second kappa shape index (κ2) is 4.23. The molecule has 1 aromatic rings. The summed E-state index contributed by atoms with van der Waals surface area (Å²) in [6.07, 6.45) is 3.65. The Balaban J connectivity index is 2.91. The van der Waals surface area contributed by atoms with Gasteiger partial charge in [0.05, 0.1) is 22.1 Å². The summed E-state index contributed by atoms with van der Waals surface area (Å²) in [7, 11) is 0. The van der Waals surface area contributed by atoms with Crippen molar-refractivity contribution in [2.24, 2.45) is 4.99 Å². The van der Waals surface area contributed by atoms with Crippen LogP contribution in [0.3, 0.4) is 0 Å². The minimum atomic E-state index is 0.748. The lowest BCUT2D eigenvalue weighted by Crippen LogP contribution is -1.74. The zero-order valence-corrected chi connectivity index (χ0v) is 7.58. The van der Waals surface area contributed by atoms with Gasteiger partial charge in [0.15, 0.2) is 0 Å². The summed E-state index contributed by atoms with van der Waals surface area (Å²) >= 11 is 6.04. The SMILES string of the molecule is CSc1ccc(N=C=S)cn1. The third-order valence-electron chi connectivity index (χ3n) is 1.10. The molecule has 0 fully saturated rings. The van der Waals surface area contributed by atoms with Gasteiger partial charge in [0.1, 0.15) is 0 Å². The van der Waals surface area contributed by atoms with Gasteiger partial charge in [-0.25, -0.2) is 4.98 Å². The van der Waals surface area contributed by atoms with Crippen molar-refractivity contribution in [3.63, 3.8) is 0 Å². The highest BCUT2D eigenvalue weighted by Gasteiger charge is 1.90. The van der Waals surface area contributed by atoms with Crippen LogP contribution in [-0.4, -0.2) is 16.4 Å². The maximum absolute atomic E-state index is 4.45. The molecule has 0 aliphatic carbocycles. The lowest BCUT2D eigenvalue weighted by Gasteiger charge is -1.93. The molecule has 11 heavy (non-hydrogen) atoms. The molecule has 1 heterocycles. The first-order valence-electron chi connectivity index (χ1n) is 2.94. The van der Waals surface area contributed by atoms with Crippen LogP contribution in [0.5, 0.6) is 0 Å². The van der Waals surface area contributed by atoms with Crippen LogP contribution in [-0.2, 0) is 0 Å². The first-order chi connectivity index (χ1) is 5.36. The number of thiocarbonyl (C=S) groups is 1. The molecule has 2 nitrogen and oxygen atoms in total. The van der Waals surface area contributed by atoms with E-state index in [2.05, 4.69) is 27.4 Å². The van der Waals surface area contributed by atoms with Gasteiger partial charge < -0.3 is 0 Å². The molecule has 0 aliphatic rings. The quantitative estimate of drug-likeness (QED) is 0.399. The van der Waals surface area contributed by atoms with Crippen molar-refractivity contribution >= 4 is 34.8 Å². The molecule has 0 bridgehead atoms. The number of thioether (sulfide) groups is 1. The number of pyridine rings is 1. The fourth-order valence-electron chi connectivity index (χ4n) is 0.612. The second-order valence-corrected chi connectivity index (χ2v) is 2.77. The Morgan fingerprint density at radius 1 is 1.64 bits per heavy atom. The Labute approximate surface area is 74.8 Å². The third-order valence-corrected chi connectivity index (χ3v) is 1.86. The fraction of sp³-hybridized carbons (Fsp3) is 0.143. The summed E-state index contributed by atoms with van der Waals surface area (Å²) < 4.78 is 0. The highest BCUT2D eigenvalue weighted by atomic mass is 32.2. The molecule has 0 amide bonds. The van der Waals surface area contributed by atoms with Gasteiger partial charge in [-0.2, -0.15) is 4.99 Å². The minimum Gasteiger partial charge on any atom is -0.248 e. The van der Waals surface area contributed by atoms with Gasteiger partial charge in [-0.3, -0.25) is 0 Å². The van der Waals surface area contributed by atoms with Crippen LogP contribution in [0.2, 0.25) is 0 Å². The topological polar surface area (TPSA) is 25.2 Å². The van der Waals surface area contributed by atoms with Crippen molar-refractivity contribution in [3.8, 4) is 0 Å². The van der Waals surface area contributed by atoms with Gasteiger partial charge in [-0.05, 0) is 30.6 Å². The summed E-state index contributed by atoms with van der Waals surface area (Å²) in [5.41, 5.74) is 0.748. The monoisotopic (exact) mass is 182 g/mol. The van der Waals surface area contributed by atoms with Crippen LogP contribution in [0.15, 0.2) is 28.3 Å². The predicted molar refractivity (Wildman–Crippen MR) is 50.7 cm³/mol. The normalized spacial score (nSPS) is 8.82. The smallest absolute Gasteiger partial charge is 0.0958 e. The number of aromatic nitrogens is 1. The van der Waals surface area contributed by atoms with E-state index in [4.69, 9.17) is 0 Å². The van der Waals surface area contributed by atoms with E-state index in [1.54, 1.807) is 18.0 Å². The van der Waals surface area contributed by atoms with Crippen LogP contribution in [0.1, 0.15) is 0 Å². The Morgan fingerprint density at radius 3 is 2.91 bits per heavy atom. The zero-order chi connectivity index (χ0) is 8.10. The molecule has 0 N–H and O–H groups in total. The molecular weight excluding hydrogens is 176 g/mol. The van der Waals surface area contributed by atoms with Crippen molar-refractivity contribution < 1.29 is 0 Å². The number of hydrogen-bond donors (Lipinski definition) is 0. The van der Waals surface area contributed by atoms with Gasteiger partial charge in [0.2, 0.25) is 0 Å². The van der Waals surface area contributed by atoms with Gasteiger partial charge in [-0.15, -0.1) is 11.8 Å². The van der Waals surface area contributed by atoms with E-state index in [0.29, 0.717) is 0 Å². The van der Waals surface area contributed by atoms with Crippen LogP contribution in [0.25, 0.3) is 0 Å². The number of hydrogen-bond acceptors (Lipinski definition) is 4. The molecule has 0 aromatic carbocycles. The molecule has 1 aromatic heterocycles. The molecule has 0 atom stereocenters. The highest BCUT2D eigenvalue weighted by Crippen LogP contribution is 2.15. The Morgan fingerprint density at radius 2 is 2.45 bits per heavy atom. The minimum absolute atomic E-state index is 0.748. The summed E-state index contributed by atoms with van der Waals surface area (Å²) in [4.78, 5) is 7.87. The third kappa shape index (κ3) is 2.42. The standard InChI is InChI=1S/C7H6N2S2/c1-11-7-3-2-6(4-8-7)9-5-10/h2-4H,1H3. The van der Waals surface area contributed by atoms with Gasteiger partial charge in [0, 0.05) is 0 Å². The molecule has 0 spiro atoms. The number of rotatable bonds is 2. The van der Waals surface area contributed by atoms with Crippen molar-refractivity contribution in [1.82, 2.24) is 4.98 Å². The van der Waals surface area contributed by atoms with E-state index in [-0.39, 0.29) is 0 Å². The molecule has 0 radical (unpaired) electrons. The van der Waals surface area contributed by atoms with E-state index < -0.39 is 0 Å². The number of nitrogens with zero attached hydrogens (tertiary/aromatic N) is 2. The predicted octanol–water partition coefficient (Wildman–Crippen LogP) is 2.54. The maximum atomic E-state index is 4.45. The average molecular weight is 182 g/mol. The van der Waals surface area contributed by atoms with Crippen LogP contribution in [0, 0.1) is 0 Å². The van der Waals surface area contributed by atoms with Crippen LogP contribution in [0.4, 0.5) is 5.69 Å². The average Bonchev–Trinajstić information content (AvgIpc) is 2.07. The Kier molecular flexibility index (Phi) is 3.23. The maximum Gasteiger partial charge on any atom is 0.0958 e. The van der Waals surface area contributed by atoms with Gasteiger partial charge in [0.25, 0.3) is 0 Å². The summed E-state index contributed by atoms with van der Waals surface area (Å²) in [5.74, 6) is 0. The van der Waals surface area contributed by atoms with Crippen molar-refractivity contribution in [2.45, 2.75) is 5.03 Å². The first-order valence-corrected chi connectivity index (χ1v) is 4.58. The van der Waals surface area contributed by atoms with Crippen molar-refractivity contribution in [1.29, 1.82) is 0 Å². The van der Waals surface area contributed by atoms with E-state index >= 15 is 0 Å². The summed E-state index contributed by atoms with van der Waals surface area (Å²) in [5, 5.41) is 3.26. The van der Waals surface area contributed by atoms with Crippen LogP contribution >= 0.6 is 24.0 Å². The number of isothiocyanates is 1. The number of aliphatic imine (C=N–C) groups is 1. The molecule has 0 saturated heterocycles. The Bertz CT molecular complexity index is 275. The molecule has 0 unspecified atom stereocenters. The largest absolute Gasteiger partial charge is 0.248 e. The zero-order valence-electron chi connectivity index (χ0n) is 5.94. The van der Waals surface area contributed by atoms with Gasteiger partial charge in [-0.1, -0.05) is 0 Å². The Hall–Kier alpha value is -0.700. The second-order valence-electron chi connectivity index (χ2n) is 1.76. The molecule has 4 heteroatoms. The van der Waals surface area contributed by atoms with E-state index in [0.717, 1.165) is 10.7 Å². The lowest BCUT2D eigenvalue weighted by molar-refractivity contribution is 1.13. The molecule has 0 aliphatic heterocycles. The molecule has 1 rings (SSSR count). The molecule has 0 saturated carbocycles. The fourth-order valence-corrected chi connectivity index (χ4v) is 1.08. The van der Waals surface area contributed by atoms with Crippen molar-refractivity contribution in [2.75, 3.05) is 6.26 Å². The van der Waals surface area contributed by atoms with Gasteiger partial charge >= 0.3 is 0 Å². The van der Waals surface area contributed by atoms with E-state index in [9.17, 15) is 0 Å². The molecular formula is C7H6N2S2. The summed E-state index contributed by atoms with van der Waals surface area (Å²) in [6, 6.07) is 3.76. The van der Waals surface area contributed by atoms with E-state index in [1.807, 2.05) is 18.4 Å². The first kappa shape index (κ1) is 8.40. The lowest BCUT2D eigenvalue weighted by atomic mass is 10.4. The van der Waals surface area contributed by atoms with Crippen LogP contribution < -0.4 is 0 Å². The summed E-state index contributed by atoms with van der Waals surface area (Å²) in [6.45, 7) is 0. The highest BCUT2D eigenvalue weighted by molar-refractivity contribution is 7.98. The van der Waals surface area contributed by atoms with Crippen molar-refractivity contribution in [3.05, 3.63) is 18.3 Å². The van der Waals surface area contributed by atoms with E-state index in [1.165, 1.54) is 0 Å².